The van der Waals surface area contributed by atoms with Crippen molar-refractivity contribution in [2.75, 3.05) is 12.3 Å². The zero-order chi connectivity index (χ0) is 13.8. The molecule has 0 aliphatic heterocycles. The van der Waals surface area contributed by atoms with E-state index >= 15 is 0 Å². The van der Waals surface area contributed by atoms with Crippen LogP contribution in [0.4, 0.5) is 14.5 Å². The van der Waals surface area contributed by atoms with Crippen LogP contribution in [0.3, 0.4) is 0 Å². The van der Waals surface area contributed by atoms with E-state index in [1.54, 1.807) is 12.1 Å². The first-order valence-corrected chi connectivity index (χ1v) is 6.44. The van der Waals surface area contributed by atoms with Crippen LogP contribution < -0.4 is 10.5 Å². The molecule has 2 rings (SSSR count). The van der Waals surface area contributed by atoms with Crippen LogP contribution in [0.1, 0.15) is 6.92 Å². The molecule has 19 heavy (non-hydrogen) atoms. The van der Waals surface area contributed by atoms with Crippen LogP contribution in [-0.4, -0.2) is 11.6 Å². The highest BCUT2D eigenvalue weighted by Gasteiger charge is 2.07. The number of nitrogen functional groups attached to an aromatic ring is 1. The van der Waals surface area contributed by atoms with Crippen LogP contribution in [0.2, 0.25) is 0 Å². The highest BCUT2D eigenvalue weighted by Crippen LogP contribution is 2.30. The number of nitrogens with two attached hydrogens (primary N) is 1. The number of benzene rings is 1. The van der Waals surface area contributed by atoms with Crippen molar-refractivity contribution in [2.24, 2.45) is 0 Å². The summed E-state index contributed by atoms with van der Waals surface area (Å²) in [5.74, 6) is -1.41. The second kappa shape index (κ2) is 5.88. The van der Waals surface area contributed by atoms with E-state index in [-0.39, 0.29) is 0 Å². The van der Waals surface area contributed by atoms with E-state index in [0.29, 0.717) is 28.1 Å². The van der Waals surface area contributed by atoms with Crippen molar-refractivity contribution < 1.29 is 13.5 Å². The molecule has 1 aromatic heterocycles. The van der Waals surface area contributed by atoms with Crippen molar-refractivity contribution >= 4 is 17.4 Å². The van der Waals surface area contributed by atoms with Gasteiger partial charge < -0.3 is 10.5 Å². The number of rotatable bonds is 4. The Labute approximate surface area is 113 Å². The SMILES string of the molecule is CCOc1nc(Sc2ccc(F)c(F)c2)ccc1N. The zero-order valence-corrected chi connectivity index (χ0v) is 11.0. The molecule has 1 aromatic carbocycles. The average Bonchev–Trinajstić information content (AvgIpc) is 2.38. The van der Waals surface area contributed by atoms with Gasteiger partial charge in [-0.15, -0.1) is 0 Å². The topological polar surface area (TPSA) is 48.1 Å². The van der Waals surface area contributed by atoms with Crippen LogP contribution >= 0.6 is 11.8 Å². The lowest BCUT2D eigenvalue weighted by molar-refractivity contribution is 0.326. The van der Waals surface area contributed by atoms with Crippen LogP contribution in [-0.2, 0) is 0 Å². The predicted molar refractivity (Wildman–Crippen MR) is 70.3 cm³/mol. The first-order valence-electron chi connectivity index (χ1n) is 5.62. The van der Waals surface area contributed by atoms with Gasteiger partial charge in [-0.2, -0.15) is 0 Å². The number of hydrogen-bond donors (Lipinski definition) is 1. The molecule has 100 valence electrons. The normalized spacial score (nSPS) is 10.5. The Morgan fingerprint density at radius 2 is 2.00 bits per heavy atom. The zero-order valence-electron chi connectivity index (χ0n) is 10.2. The smallest absolute Gasteiger partial charge is 0.238 e. The van der Waals surface area contributed by atoms with Gasteiger partial charge in [0.15, 0.2) is 11.6 Å². The number of hydrogen-bond acceptors (Lipinski definition) is 4. The molecule has 2 aromatic rings. The molecule has 0 aliphatic rings. The van der Waals surface area contributed by atoms with E-state index in [9.17, 15) is 8.78 Å². The molecule has 6 heteroatoms. The first-order chi connectivity index (χ1) is 9.10. The van der Waals surface area contributed by atoms with Crippen LogP contribution in [0, 0.1) is 11.6 Å². The van der Waals surface area contributed by atoms with Gasteiger partial charge in [-0.3, -0.25) is 0 Å². The highest BCUT2D eigenvalue weighted by atomic mass is 32.2. The van der Waals surface area contributed by atoms with Crippen molar-refractivity contribution in [3.8, 4) is 5.88 Å². The third kappa shape index (κ3) is 3.35. The lowest BCUT2D eigenvalue weighted by Gasteiger charge is -2.07. The fraction of sp³-hybridized carbons (Fsp3) is 0.154. The van der Waals surface area contributed by atoms with E-state index < -0.39 is 11.6 Å². The molecule has 0 fully saturated rings. The lowest BCUT2D eigenvalue weighted by Crippen LogP contribution is -1.99. The van der Waals surface area contributed by atoms with Crippen LogP contribution in [0.15, 0.2) is 40.3 Å². The predicted octanol–water partition coefficient (Wildman–Crippen LogP) is 3.49. The summed E-state index contributed by atoms with van der Waals surface area (Å²) in [7, 11) is 0. The number of ether oxygens (including phenoxy) is 1. The van der Waals surface area contributed by atoms with E-state index in [1.165, 1.54) is 17.8 Å². The number of anilines is 1. The maximum Gasteiger partial charge on any atom is 0.238 e. The van der Waals surface area contributed by atoms with Gasteiger partial charge in [0.25, 0.3) is 0 Å². The Kier molecular flexibility index (Phi) is 4.21. The Morgan fingerprint density at radius 3 is 2.68 bits per heavy atom. The van der Waals surface area contributed by atoms with Gasteiger partial charge in [-0.05, 0) is 37.3 Å². The summed E-state index contributed by atoms with van der Waals surface area (Å²) < 4.78 is 31.2. The molecule has 0 radical (unpaired) electrons. The van der Waals surface area contributed by atoms with E-state index in [0.717, 1.165) is 12.1 Å². The Balaban J connectivity index is 2.22. The molecule has 0 spiro atoms. The minimum Gasteiger partial charge on any atom is -0.476 e. The van der Waals surface area contributed by atoms with E-state index in [1.807, 2.05) is 6.92 Å². The first kappa shape index (κ1) is 13.6. The third-order valence-electron chi connectivity index (χ3n) is 2.26. The van der Waals surface area contributed by atoms with Crippen LogP contribution in [0.25, 0.3) is 0 Å². The molecule has 0 atom stereocenters. The summed E-state index contributed by atoms with van der Waals surface area (Å²) >= 11 is 1.21. The fourth-order valence-corrected chi connectivity index (χ4v) is 2.21. The fourth-order valence-electron chi connectivity index (χ4n) is 1.40. The highest BCUT2D eigenvalue weighted by molar-refractivity contribution is 7.99. The summed E-state index contributed by atoms with van der Waals surface area (Å²) in [4.78, 5) is 4.76. The quantitative estimate of drug-likeness (QED) is 0.932. The number of nitrogens with zero attached hydrogens (tertiary/aromatic N) is 1. The summed E-state index contributed by atoms with van der Waals surface area (Å²) in [6, 6.07) is 7.06. The lowest BCUT2D eigenvalue weighted by atomic mass is 10.3. The number of aromatic nitrogens is 1. The van der Waals surface area contributed by atoms with Gasteiger partial charge >= 0.3 is 0 Å². The van der Waals surface area contributed by atoms with Crippen LogP contribution in [0.5, 0.6) is 5.88 Å². The third-order valence-corrected chi connectivity index (χ3v) is 3.18. The van der Waals surface area contributed by atoms with Crippen molar-refractivity contribution in [1.29, 1.82) is 0 Å². The maximum atomic E-state index is 13.1. The molecule has 1 heterocycles. The standard InChI is InChI=1S/C13H12F2N2OS/c1-2-18-13-11(16)5-6-12(17-13)19-8-3-4-9(14)10(15)7-8/h3-7H,2,16H2,1H3. The molecule has 0 aliphatic carbocycles. The molecule has 0 saturated heterocycles. The maximum absolute atomic E-state index is 13.1. The summed E-state index contributed by atoms with van der Waals surface area (Å²) in [5, 5.41) is 0.601. The second-order valence-corrected chi connectivity index (χ2v) is 4.75. The monoisotopic (exact) mass is 282 g/mol. The van der Waals surface area contributed by atoms with Gasteiger partial charge in [-0.1, -0.05) is 11.8 Å². The van der Waals surface area contributed by atoms with E-state index in [4.69, 9.17) is 10.5 Å². The molecular formula is C13H12F2N2OS. The van der Waals surface area contributed by atoms with Gasteiger partial charge in [0.05, 0.1) is 12.3 Å². The molecule has 0 unspecified atom stereocenters. The molecular weight excluding hydrogens is 270 g/mol. The van der Waals surface area contributed by atoms with Gasteiger partial charge in [0.1, 0.15) is 5.03 Å². The van der Waals surface area contributed by atoms with Crippen molar-refractivity contribution in [2.45, 2.75) is 16.8 Å². The Hall–Kier alpha value is -1.82. The molecule has 0 amide bonds. The van der Waals surface area contributed by atoms with Crippen molar-refractivity contribution in [3.05, 3.63) is 42.0 Å². The Morgan fingerprint density at radius 1 is 1.21 bits per heavy atom. The second-order valence-electron chi connectivity index (χ2n) is 3.65. The summed E-state index contributed by atoms with van der Waals surface area (Å²) in [5.41, 5.74) is 6.15. The molecule has 3 nitrogen and oxygen atoms in total. The largest absolute Gasteiger partial charge is 0.476 e. The molecule has 0 saturated carbocycles. The summed E-state index contributed by atoms with van der Waals surface area (Å²) in [6.07, 6.45) is 0. The number of pyridine rings is 1. The van der Waals surface area contributed by atoms with Crippen molar-refractivity contribution in [1.82, 2.24) is 4.98 Å². The Bertz CT molecular complexity index is 593. The molecule has 2 N–H and O–H groups in total. The summed E-state index contributed by atoms with van der Waals surface area (Å²) in [6.45, 7) is 2.28. The van der Waals surface area contributed by atoms with Gasteiger partial charge in [0, 0.05) is 4.90 Å². The minimum absolute atomic E-state index is 0.343. The number of halogens is 2. The van der Waals surface area contributed by atoms with Gasteiger partial charge in [-0.25, -0.2) is 13.8 Å². The molecule has 0 bridgehead atoms. The van der Waals surface area contributed by atoms with E-state index in [2.05, 4.69) is 4.98 Å². The van der Waals surface area contributed by atoms with Gasteiger partial charge in [0.2, 0.25) is 5.88 Å². The van der Waals surface area contributed by atoms with Crippen molar-refractivity contribution in [3.63, 3.8) is 0 Å². The minimum atomic E-state index is -0.884. The average molecular weight is 282 g/mol.